The average molecular weight is 442 g/mol. The Hall–Kier alpha value is -1.64. The molecule has 3 fully saturated rings. The predicted octanol–water partition coefficient (Wildman–Crippen LogP) is 1.85. The summed E-state index contributed by atoms with van der Waals surface area (Å²) in [5, 5.41) is 7.97. The number of aromatic nitrogens is 4. The zero-order valence-corrected chi connectivity index (χ0v) is 18.3. The van der Waals surface area contributed by atoms with Crippen LogP contribution in [0.5, 0.6) is 0 Å². The van der Waals surface area contributed by atoms with Gasteiger partial charge >= 0.3 is 0 Å². The summed E-state index contributed by atoms with van der Waals surface area (Å²) in [6, 6.07) is 3.35. The molecule has 2 atom stereocenters. The van der Waals surface area contributed by atoms with E-state index in [0.29, 0.717) is 29.7 Å². The van der Waals surface area contributed by atoms with Crippen molar-refractivity contribution in [3.05, 3.63) is 18.1 Å². The molecule has 160 valence electrons. The minimum absolute atomic E-state index is 0. The van der Waals surface area contributed by atoms with Crippen molar-refractivity contribution in [3.8, 4) is 0 Å². The number of hydrogen-bond donors (Lipinski definition) is 1. The Kier molecular flexibility index (Phi) is 6.86. The number of halogens is 2. The molecule has 2 aromatic rings. The Morgan fingerprint density at radius 2 is 1.83 bits per heavy atom. The Morgan fingerprint density at radius 3 is 2.52 bits per heavy atom. The Morgan fingerprint density at radius 1 is 1.14 bits per heavy atom. The fourth-order valence-electron chi connectivity index (χ4n) is 5.04. The quantitative estimate of drug-likeness (QED) is 0.782. The monoisotopic (exact) mass is 441 g/mol. The lowest BCUT2D eigenvalue weighted by Gasteiger charge is -2.37. The maximum absolute atomic E-state index is 12.8. The number of hydrogen-bond acceptors (Lipinski definition) is 6. The van der Waals surface area contributed by atoms with Crippen molar-refractivity contribution >= 4 is 42.3 Å². The number of carbonyl (C=O) groups excluding carboxylic acids is 1. The second kappa shape index (κ2) is 9.02. The molecule has 3 aliphatic heterocycles. The van der Waals surface area contributed by atoms with E-state index in [0.717, 1.165) is 44.1 Å². The van der Waals surface area contributed by atoms with Crippen molar-refractivity contribution in [2.24, 2.45) is 5.92 Å². The molecule has 0 aromatic carbocycles. The number of aryl methyl sites for hydroxylation is 1. The van der Waals surface area contributed by atoms with Crippen molar-refractivity contribution < 1.29 is 4.79 Å². The molecule has 5 rings (SSSR count). The van der Waals surface area contributed by atoms with E-state index in [2.05, 4.69) is 25.3 Å². The van der Waals surface area contributed by atoms with Crippen LogP contribution in [-0.4, -0.2) is 68.7 Å². The second-order valence-electron chi connectivity index (χ2n) is 8.27. The van der Waals surface area contributed by atoms with Gasteiger partial charge in [-0.2, -0.15) is 14.6 Å². The molecular formula is C19H29Cl2N7O. The highest BCUT2D eigenvalue weighted by Gasteiger charge is 2.35. The van der Waals surface area contributed by atoms with Gasteiger partial charge in [-0.3, -0.25) is 4.79 Å². The highest BCUT2D eigenvalue weighted by atomic mass is 35.5. The summed E-state index contributed by atoms with van der Waals surface area (Å²) >= 11 is 0. The Bertz CT molecular complexity index is 840. The van der Waals surface area contributed by atoms with E-state index in [9.17, 15) is 4.79 Å². The number of fused-ring (bicyclic) bond motifs is 3. The van der Waals surface area contributed by atoms with Gasteiger partial charge in [0.15, 0.2) is 0 Å². The van der Waals surface area contributed by atoms with Crippen molar-refractivity contribution in [1.82, 2.24) is 29.8 Å². The molecule has 0 spiro atoms. The zero-order valence-electron chi connectivity index (χ0n) is 16.7. The van der Waals surface area contributed by atoms with E-state index in [1.165, 1.54) is 32.0 Å². The maximum Gasteiger partial charge on any atom is 0.254 e. The third kappa shape index (κ3) is 4.44. The second-order valence-corrected chi connectivity index (χ2v) is 8.27. The molecule has 29 heavy (non-hydrogen) atoms. The van der Waals surface area contributed by atoms with Gasteiger partial charge in [0.1, 0.15) is 12.1 Å². The zero-order chi connectivity index (χ0) is 18.4. The summed E-state index contributed by atoms with van der Waals surface area (Å²) in [6.07, 6.45) is 7.17. The summed E-state index contributed by atoms with van der Waals surface area (Å²) in [6.45, 7) is 5.16. The number of piperazine rings is 1. The molecule has 5 heterocycles. The van der Waals surface area contributed by atoms with Crippen molar-refractivity contribution in [3.63, 3.8) is 0 Å². The Labute approximate surface area is 183 Å². The maximum atomic E-state index is 12.8. The topological polar surface area (TPSA) is 78.7 Å². The van der Waals surface area contributed by atoms with Gasteiger partial charge in [-0.15, -0.1) is 24.8 Å². The molecule has 2 aromatic heterocycles. The van der Waals surface area contributed by atoms with Gasteiger partial charge in [0.2, 0.25) is 5.91 Å². The average Bonchev–Trinajstić information content (AvgIpc) is 3.27. The normalized spacial score (nSPS) is 26.2. The number of rotatable bonds is 3. The van der Waals surface area contributed by atoms with Crippen LogP contribution >= 0.6 is 24.8 Å². The molecule has 1 N–H and O–H groups in total. The molecule has 8 nitrogen and oxygen atoms in total. The van der Waals surface area contributed by atoms with Crippen LogP contribution in [0.15, 0.2) is 12.4 Å². The first-order valence-electron chi connectivity index (χ1n) is 10.1. The van der Waals surface area contributed by atoms with Gasteiger partial charge in [0, 0.05) is 56.4 Å². The first kappa shape index (κ1) is 22.1. The van der Waals surface area contributed by atoms with E-state index < -0.39 is 0 Å². The number of nitrogens with zero attached hydrogens (tertiary/aromatic N) is 6. The summed E-state index contributed by atoms with van der Waals surface area (Å²) in [5.41, 5.74) is 0.935. The SMILES string of the molecule is Cc1cc(N2CCN(C(=O)CC3CC4CCC(C3)N4)CC2)n2ncnc2n1.Cl.Cl. The van der Waals surface area contributed by atoms with Gasteiger partial charge in [0.25, 0.3) is 5.78 Å². The summed E-state index contributed by atoms with van der Waals surface area (Å²) in [4.78, 5) is 25.8. The lowest BCUT2D eigenvalue weighted by atomic mass is 9.89. The standard InChI is InChI=1S/C19H27N7O.2ClH/c1-13-8-17(26-19(22-13)20-12-21-26)24-4-6-25(7-5-24)18(27)11-14-9-15-2-3-16(10-14)23-15;;/h8,12,14-16,23H,2-7,9-11H2,1H3;2*1H. The number of anilines is 1. The molecule has 3 aliphatic rings. The fraction of sp³-hybridized carbons (Fsp3) is 0.684. The largest absolute Gasteiger partial charge is 0.353 e. The van der Waals surface area contributed by atoms with Gasteiger partial charge in [-0.05, 0) is 38.5 Å². The fourth-order valence-corrected chi connectivity index (χ4v) is 5.04. The smallest absolute Gasteiger partial charge is 0.254 e. The van der Waals surface area contributed by atoms with Crippen molar-refractivity contribution in [1.29, 1.82) is 0 Å². The molecule has 0 radical (unpaired) electrons. The molecule has 10 heteroatoms. The predicted molar refractivity (Wildman–Crippen MR) is 116 cm³/mol. The molecule has 0 aliphatic carbocycles. The van der Waals surface area contributed by atoms with E-state index in [4.69, 9.17) is 0 Å². The van der Waals surface area contributed by atoms with Crippen LogP contribution < -0.4 is 10.2 Å². The number of piperidine rings is 1. The van der Waals surface area contributed by atoms with Gasteiger partial charge in [0.05, 0.1) is 0 Å². The summed E-state index contributed by atoms with van der Waals surface area (Å²) < 4.78 is 1.79. The van der Waals surface area contributed by atoms with Crippen LogP contribution in [0.2, 0.25) is 0 Å². The van der Waals surface area contributed by atoms with E-state index in [1.54, 1.807) is 4.52 Å². The van der Waals surface area contributed by atoms with Crippen LogP contribution in [0.1, 0.15) is 37.8 Å². The third-order valence-electron chi connectivity index (χ3n) is 6.35. The molecular weight excluding hydrogens is 413 g/mol. The van der Waals surface area contributed by atoms with Gasteiger partial charge in [-0.25, -0.2) is 4.98 Å². The van der Waals surface area contributed by atoms with Gasteiger partial charge in [-0.1, -0.05) is 0 Å². The van der Waals surface area contributed by atoms with Crippen LogP contribution in [0.25, 0.3) is 5.78 Å². The third-order valence-corrected chi connectivity index (χ3v) is 6.35. The van der Waals surface area contributed by atoms with E-state index in [-0.39, 0.29) is 24.8 Å². The first-order valence-corrected chi connectivity index (χ1v) is 10.1. The molecule has 2 bridgehead atoms. The Balaban J connectivity index is 0.00000120. The summed E-state index contributed by atoms with van der Waals surface area (Å²) in [7, 11) is 0. The molecule has 1 amide bonds. The van der Waals surface area contributed by atoms with Crippen LogP contribution in [0, 0.1) is 12.8 Å². The van der Waals surface area contributed by atoms with E-state index >= 15 is 0 Å². The van der Waals surface area contributed by atoms with Crippen LogP contribution in [0.4, 0.5) is 5.82 Å². The molecule has 0 saturated carbocycles. The minimum Gasteiger partial charge on any atom is -0.353 e. The molecule has 3 saturated heterocycles. The van der Waals surface area contributed by atoms with Gasteiger partial charge < -0.3 is 15.1 Å². The highest BCUT2D eigenvalue weighted by molar-refractivity contribution is 5.85. The van der Waals surface area contributed by atoms with Crippen molar-refractivity contribution in [2.45, 2.75) is 51.1 Å². The highest BCUT2D eigenvalue weighted by Crippen LogP contribution is 2.33. The minimum atomic E-state index is 0. The number of amides is 1. The molecule has 2 unspecified atom stereocenters. The van der Waals surface area contributed by atoms with Crippen molar-refractivity contribution in [2.75, 3.05) is 31.1 Å². The number of nitrogens with one attached hydrogen (secondary N) is 1. The first-order chi connectivity index (χ1) is 13.2. The summed E-state index contributed by atoms with van der Waals surface area (Å²) in [5.74, 6) is 2.53. The lowest BCUT2D eigenvalue weighted by Crippen LogP contribution is -2.50. The lowest BCUT2D eigenvalue weighted by molar-refractivity contribution is -0.132. The number of carbonyl (C=O) groups is 1. The van der Waals surface area contributed by atoms with E-state index in [1.807, 2.05) is 17.9 Å². The van der Waals surface area contributed by atoms with Crippen LogP contribution in [-0.2, 0) is 4.79 Å². The van der Waals surface area contributed by atoms with Crippen LogP contribution in [0.3, 0.4) is 0 Å².